The fraction of sp³-hybridized carbons (Fsp3) is 0.643. The second-order valence-electron chi connectivity index (χ2n) is 6.08. The minimum atomic E-state index is -3.73. The summed E-state index contributed by atoms with van der Waals surface area (Å²) in [7, 11) is -3.73. The van der Waals surface area contributed by atoms with Gasteiger partial charge in [0.05, 0.1) is 5.69 Å². The van der Waals surface area contributed by atoms with Crippen molar-refractivity contribution in [1.82, 2.24) is 4.90 Å². The number of hydrogen-bond acceptors (Lipinski definition) is 4. The number of piperidine rings is 1. The number of hydrogen-bond donors (Lipinski definition) is 2. The highest BCUT2D eigenvalue weighted by atomic mass is 32.2. The highest BCUT2D eigenvalue weighted by molar-refractivity contribution is 7.91. The monoisotopic (exact) mass is 345 g/mol. The van der Waals surface area contributed by atoms with Crippen molar-refractivity contribution < 1.29 is 13.2 Å². The van der Waals surface area contributed by atoms with Gasteiger partial charge in [0.2, 0.25) is 10.0 Å². The number of nitrogens with two attached hydrogens (primary N) is 1. The molecule has 0 unspecified atom stereocenters. The summed E-state index contributed by atoms with van der Waals surface area (Å²) in [5, 5.41) is 7.91. The first-order chi connectivity index (χ1) is 10.2. The van der Waals surface area contributed by atoms with Gasteiger partial charge in [0.25, 0.3) is 0 Å². The summed E-state index contributed by atoms with van der Waals surface area (Å²) in [6, 6.07) is 1.25. The van der Waals surface area contributed by atoms with Crippen molar-refractivity contribution in [3.05, 3.63) is 10.9 Å². The minimum Gasteiger partial charge on any atom is -0.325 e. The highest BCUT2D eigenvalue weighted by Gasteiger charge is 2.25. The molecule has 1 aromatic heterocycles. The molecule has 1 aliphatic rings. The molecule has 0 spiro atoms. The summed E-state index contributed by atoms with van der Waals surface area (Å²) < 4.78 is 22.8. The van der Waals surface area contributed by atoms with Crippen LogP contribution in [0.15, 0.2) is 10.3 Å². The van der Waals surface area contributed by atoms with Gasteiger partial charge in [0.1, 0.15) is 4.21 Å². The molecule has 1 fully saturated rings. The molecule has 0 radical (unpaired) electrons. The number of carbonyl (C=O) groups is 1. The van der Waals surface area contributed by atoms with Gasteiger partial charge in [-0.15, -0.1) is 11.3 Å². The maximum Gasteiger partial charge on any atom is 0.321 e. The Bertz CT molecular complexity index is 644. The number of aryl methyl sites for hydroxylation is 1. The molecular formula is C14H23N3O3S2. The molecule has 8 heteroatoms. The van der Waals surface area contributed by atoms with Crippen LogP contribution in [0.1, 0.15) is 31.6 Å². The molecule has 6 nitrogen and oxygen atoms in total. The largest absolute Gasteiger partial charge is 0.325 e. The third-order valence-corrected chi connectivity index (χ3v) is 6.66. The number of likely N-dealkylation sites (tertiary alicyclic amines) is 1. The van der Waals surface area contributed by atoms with Crippen LogP contribution in [0.3, 0.4) is 0 Å². The maximum atomic E-state index is 12.3. The van der Waals surface area contributed by atoms with E-state index in [2.05, 4.69) is 19.2 Å². The van der Waals surface area contributed by atoms with Crippen molar-refractivity contribution in [3.8, 4) is 0 Å². The Kier molecular flexibility index (Phi) is 5.14. The lowest BCUT2D eigenvalue weighted by Crippen LogP contribution is -2.41. The number of nitrogens with zero attached hydrogens (tertiary/aromatic N) is 1. The normalized spacial score (nSPS) is 17.0. The van der Waals surface area contributed by atoms with Crippen LogP contribution in [0, 0.1) is 18.8 Å². The van der Waals surface area contributed by atoms with Gasteiger partial charge in [-0.1, -0.05) is 13.8 Å². The number of thiophene rings is 1. The number of carbonyl (C=O) groups excluding carboxylic acids is 1. The van der Waals surface area contributed by atoms with Gasteiger partial charge in [-0.05, 0) is 37.7 Å². The van der Waals surface area contributed by atoms with Crippen molar-refractivity contribution in [2.24, 2.45) is 17.0 Å². The zero-order chi connectivity index (χ0) is 16.5. The van der Waals surface area contributed by atoms with Crippen LogP contribution in [0.2, 0.25) is 0 Å². The Labute approximate surface area is 135 Å². The third kappa shape index (κ3) is 3.99. The van der Waals surface area contributed by atoms with E-state index in [-0.39, 0.29) is 10.2 Å². The molecule has 124 valence electrons. The summed E-state index contributed by atoms with van der Waals surface area (Å²) >= 11 is 1.07. The van der Waals surface area contributed by atoms with Crippen molar-refractivity contribution in [3.63, 3.8) is 0 Å². The van der Waals surface area contributed by atoms with Gasteiger partial charge in [-0.25, -0.2) is 18.4 Å². The lowest BCUT2D eigenvalue weighted by molar-refractivity contribution is 0.167. The standard InChI is InChI=1S/C14H23N3O3S2/c1-9(2)11-4-6-17(7-5-11)14(18)16-12-8-13(21-10(12)3)22(15,19)20/h8-9,11H,4-7H2,1-3H3,(H,16,18)(H2,15,19,20). The number of rotatable bonds is 3. The first-order valence-corrected chi connectivity index (χ1v) is 9.74. The van der Waals surface area contributed by atoms with E-state index in [0.29, 0.717) is 17.5 Å². The molecule has 2 heterocycles. The lowest BCUT2D eigenvalue weighted by atomic mass is 9.87. The topological polar surface area (TPSA) is 92.5 Å². The van der Waals surface area contributed by atoms with Gasteiger partial charge in [0.15, 0.2) is 0 Å². The molecule has 1 aliphatic heterocycles. The number of urea groups is 1. The fourth-order valence-corrected chi connectivity index (χ4v) is 4.50. The molecule has 0 aromatic carbocycles. The Morgan fingerprint density at radius 2 is 2.00 bits per heavy atom. The molecule has 3 N–H and O–H groups in total. The van der Waals surface area contributed by atoms with E-state index in [1.165, 1.54) is 6.07 Å². The van der Waals surface area contributed by atoms with Gasteiger partial charge in [-0.2, -0.15) is 0 Å². The summed E-state index contributed by atoms with van der Waals surface area (Å²) in [4.78, 5) is 14.8. The third-order valence-electron chi connectivity index (χ3n) is 4.19. The summed E-state index contributed by atoms with van der Waals surface area (Å²) in [6.45, 7) is 7.66. The van der Waals surface area contributed by atoms with Gasteiger partial charge >= 0.3 is 6.03 Å². The van der Waals surface area contributed by atoms with Crippen LogP contribution in [-0.4, -0.2) is 32.4 Å². The molecule has 0 aliphatic carbocycles. The molecule has 2 rings (SSSR count). The van der Waals surface area contributed by atoms with Gasteiger partial charge < -0.3 is 10.2 Å². The molecule has 22 heavy (non-hydrogen) atoms. The Hall–Kier alpha value is -1.12. The summed E-state index contributed by atoms with van der Waals surface area (Å²) in [5.74, 6) is 1.31. The first kappa shape index (κ1) is 17.2. The first-order valence-electron chi connectivity index (χ1n) is 7.37. The van der Waals surface area contributed by atoms with Crippen LogP contribution < -0.4 is 10.5 Å². The Morgan fingerprint density at radius 1 is 1.41 bits per heavy atom. The van der Waals surface area contributed by atoms with E-state index in [0.717, 1.165) is 42.1 Å². The molecule has 2 amide bonds. The van der Waals surface area contributed by atoms with Crippen molar-refractivity contribution >= 4 is 33.1 Å². The number of amides is 2. The highest BCUT2D eigenvalue weighted by Crippen LogP contribution is 2.30. The average molecular weight is 345 g/mol. The minimum absolute atomic E-state index is 0.0683. The Morgan fingerprint density at radius 3 is 2.45 bits per heavy atom. The van der Waals surface area contributed by atoms with E-state index < -0.39 is 10.0 Å². The van der Waals surface area contributed by atoms with E-state index in [1.54, 1.807) is 11.8 Å². The van der Waals surface area contributed by atoms with Crippen molar-refractivity contribution in [2.45, 2.75) is 37.8 Å². The molecular weight excluding hydrogens is 322 g/mol. The SMILES string of the molecule is Cc1sc(S(N)(=O)=O)cc1NC(=O)N1CCC(C(C)C)CC1. The average Bonchev–Trinajstić information content (AvgIpc) is 2.80. The van der Waals surface area contributed by atoms with Crippen molar-refractivity contribution in [2.75, 3.05) is 18.4 Å². The van der Waals surface area contributed by atoms with Crippen LogP contribution in [0.5, 0.6) is 0 Å². The summed E-state index contributed by atoms with van der Waals surface area (Å²) in [6.07, 6.45) is 2.02. The molecule has 0 bridgehead atoms. The van der Waals surface area contributed by atoms with Crippen LogP contribution >= 0.6 is 11.3 Å². The molecule has 0 atom stereocenters. The second-order valence-corrected chi connectivity index (χ2v) is 9.12. The predicted molar refractivity (Wildman–Crippen MR) is 88.6 cm³/mol. The van der Waals surface area contributed by atoms with E-state index in [1.807, 2.05) is 0 Å². The van der Waals surface area contributed by atoms with Crippen LogP contribution in [0.25, 0.3) is 0 Å². The van der Waals surface area contributed by atoms with E-state index in [4.69, 9.17) is 5.14 Å². The maximum absolute atomic E-state index is 12.3. The fourth-order valence-electron chi connectivity index (χ4n) is 2.68. The number of sulfonamides is 1. The second kappa shape index (κ2) is 6.55. The quantitative estimate of drug-likeness (QED) is 0.882. The van der Waals surface area contributed by atoms with Gasteiger partial charge in [-0.3, -0.25) is 0 Å². The molecule has 1 saturated heterocycles. The number of anilines is 1. The lowest BCUT2D eigenvalue weighted by Gasteiger charge is -2.33. The Balaban J connectivity index is 2.00. The van der Waals surface area contributed by atoms with E-state index in [9.17, 15) is 13.2 Å². The van der Waals surface area contributed by atoms with Crippen LogP contribution in [-0.2, 0) is 10.0 Å². The van der Waals surface area contributed by atoms with Crippen molar-refractivity contribution in [1.29, 1.82) is 0 Å². The number of nitrogens with one attached hydrogen (secondary N) is 1. The molecule has 1 aromatic rings. The van der Waals surface area contributed by atoms with Gasteiger partial charge in [0, 0.05) is 18.0 Å². The van der Waals surface area contributed by atoms with Crippen LogP contribution in [0.4, 0.5) is 10.5 Å². The number of primary sulfonamides is 1. The van der Waals surface area contributed by atoms with E-state index >= 15 is 0 Å². The zero-order valence-electron chi connectivity index (χ0n) is 13.1. The predicted octanol–water partition coefficient (Wildman–Crippen LogP) is 2.60. The smallest absolute Gasteiger partial charge is 0.321 e. The summed E-state index contributed by atoms with van der Waals surface area (Å²) in [5.41, 5.74) is 0.519. The zero-order valence-corrected chi connectivity index (χ0v) is 14.8. The molecule has 0 saturated carbocycles.